The fourth-order valence-corrected chi connectivity index (χ4v) is 2.39. The number of aryl methyl sites for hydroxylation is 1. The van der Waals surface area contributed by atoms with Gasteiger partial charge in [0.1, 0.15) is 0 Å². The topological polar surface area (TPSA) is 52.8 Å². The summed E-state index contributed by atoms with van der Waals surface area (Å²) >= 11 is 1.41. The Hall–Kier alpha value is -2.08. The van der Waals surface area contributed by atoms with E-state index in [0.717, 1.165) is 0 Å². The second-order valence-corrected chi connectivity index (χ2v) is 4.89. The summed E-state index contributed by atoms with van der Waals surface area (Å²) in [5.74, 6) is 0.850. The van der Waals surface area contributed by atoms with Crippen molar-refractivity contribution in [3.05, 3.63) is 40.1 Å². The number of amides is 1. The van der Waals surface area contributed by atoms with Crippen LogP contribution in [0.5, 0.6) is 11.5 Å². The fourth-order valence-electron chi connectivity index (χ4n) is 1.66. The van der Waals surface area contributed by atoms with Gasteiger partial charge in [0, 0.05) is 24.2 Å². The third-order valence-corrected chi connectivity index (χ3v) is 3.52. The molecular weight excluding hydrogens is 276 g/mol. The molecule has 0 saturated heterocycles. The molecule has 0 aliphatic rings. The monoisotopic (exact) mass is 292 g/mol. The van der Waals surface area contributed by atoms with Gasteiger partial charge in [-0.05, 0) is 25.1 Å². The smallest absolute Gasteiger partial charge is 0.279 e. The summed E-state index contributed by atoms with van der Waals surface area (Å²) in [6.07, 6.45) is 1.86. The van der Waals surface area contributed by atoms with Gasteiger partial charge in [0.2, 0.25) is 0 Å². The molecule has 6 heteroatoms. The van der Waals surface area contributed by atoms with Gasteiger partial charge in [0.05, 0.1) is 13.7 Å². The molecule has 20 heavy (non-hydrogen) atoms. The highest BCUT2D eigenvalue weighted by Gasteiger charge is 2.10. The summed E-state index contributed by atoms with van der Waals surface area (Å²) in [5, 5.41) is 1.88. The Bertz CT molecular complexity index is 673. The van der Waals surface area contributed by atoms with E-state index < -0.39 is 0 Å². The quantitative estimate of drug-likeness (QED) is 0.868. The van der Waals surface area contributed by atoms with E-state index in [1.165, 1.54) is 11.3 Å². The average molecular weight is 292 g/mol. The first-order valence-corrected chi connectivity index (χ1v) is 7.03. The van der Waals surface area contributed by atoms with Crippen molar-refractivity contribution in [3.63, 3.8) is 0 Å². The molecule has 1 aromatic carbocycles. The predicted octanol–water partition coefficient (Wildman–Crippen LogP) is 2.24. The highest BCUT2D eigenvalue weighted by atomic mass is 32.1. The first-order chi connectivity index (χ1) is 9.65. The SMILES string of the molecule is CCOc1cc(C(=O)N=c2sccn2C)ccc1OC. The lowest BCUT2D eigenvalue weighted by Gasteiger charge is -2.09. The lowest BCUT2D eigenvalue weighted by molar-refractivity contribution is 0.0997. The maximum Gasteiger partial charge on any atom is 0.279 e. The summed E-state index contributed by atoms with van der Waals surface area (Å²) in [6, 6.07) is 5.05. The molecule has 1 amide bonds. The normalized spacial score (nSPS) is 11.4. The Morgan fingerprint density at radius 3 is 2.80 bits per heavy atom. The minimum absolute atomic E-state index is 0.299. The molecule has 1 heterocycles. The summed E-state index contributed by atoms with van der Waals surface area (Å²) in [6.45, 7) is 2.38. The Kier molecular flexibility index (Phi) is 4.57. The van der Waals surface area contributed by atoms with Crippen molar-refractivity contribution in [2.24, 2.45) is 12.0 Å². The van der Waals surface area contributed by atoms with E-state index in [4.69, 9.17) is 9.47 Å². The molecule has 0 spiro atoms. The van der Waals surface area contributed by atoms with Crippen LogP contribution in [0.25, 0.3) is 0 Å². The molecular formula is C14H16N2O3S. The average Bonchev–Trinajstić information content (AvgIpc) is 2.84. The number of hydrogen-bond acceptors (Lipinski definition) is 4. The Morgan fingerprint density at radius 2 is 2.20 bits per heavy atom. The highest BCUT2D eigenvalue weighted by Crippen LogP contribution is 2.28. The first-order valence-electron chi connectivity index (χ1n) is 6.15. The zero-order chi connectivity index (χ0) is 14.5. The number of rotatable bonds is 4. The summed E-state index contributed by atoms with van der Waals surface area (Å²) in [7, 11) is 3.41. The maximum atomic E-state index is 12.2. The lowest BCUT2D eigenvalue weighted by atomic mass is 10.2. The number of methoxy groups -OCH3 is 1. The molecule has 0 saturated carbocycles. The minimum atomic E-state index is -0.299. The van der Waals surface area contributed by atoms with Crippen LogP contribution < -0.4 is 14.3 Å². The standard InChI is InChI=1S/C14H16N2O3S/c1-4-19-12-9-10(5-6-11(12)18-3)13(17)15-14-16(2)7-8-20-14/h5-9H,4H2,1-3H3. The zero-order valence-corrected chi connectivity index (χ0v) is 12.4. The van der Waals surface area contributed by atoms with Crippen molar-refractivity contribution in [3.8, 4) is 11.5 Å². The van der Waals surface area contributed by atoms with E-state index in [1.54, 1.807) is 29.9 Å². The van der Waals surface area contributed by atoms with E-state index in [2.05, 4.69) is 4.99 Å². The third kappa shape index (κ3) is 3.08. The van der Waals surface area contributed by atoms with Crippen LogP contribution in [0.3, 0.4) is 0 Å². The summed E-state index contributed by atoms with van der Waals surface area (Å²) < 4.78 is 12.4. The molecule has 0 aliphatic carbocycles. The molecule has 0 radical (unpaired) electrons. The number of thiazole rings is 1. The molecule has 1 aromatic heterocycles. The number of aromatic nitrogens is 1. The summed E-state index contributed by atoms with van der Waals surface area (Å²) in [5.41, 5.74) is 0.475. The molecule has 0 aliphatic heterocycles. The van der Waals surface area contributed by atoms with Gasteiger partial charge in [-0.1, -0.05) is 0 Å². The number of hydrogen-bond donors (Lipinski definition) is 0. The van der Waals surface area contributed by atoms with Crippen LogP contribution >= 0.6 is 11.3 Å². The van der Waals surface area contributed by atoms with Crippen LogP contribution in [0.4, 0.5) is 0 Å². The molecule has 5 nitrogen and oxygen atoms in total. The second kappa shape index (κ2) is 6.38. The van der Waals surface area contributed by atoms with Gasteiger partial charge in [0.15, 0.2) is 16.3 Å². The molecule has 0 N–H and O–H groups in total. The van der Waals surface area contributed by atoms with E-state index in [9.17, 15) is 4.79 Å². The van der Waals surface area contributed by atoms with E-state index in [1.807, 2.05) is 25.5 Å². The van der Waals surface area contributed by atoms with Gasteiger partial charge in [-0.2, -0.15) is 4.99 Å². The molecule has 0 unspecified atom stereocenters. The van der Waals surface area contributed by atoms with Crippen LogP contribution in [0.2, 0.25) is 0 Å². The highest BCUT2D eigenvalue weighted by molar-refractivity contribution is 7.07. The first kappa shape index (κ1) is 14.3. The lowest BCUT2D eigenvalue weighted by Crippen LogP contribution is -2.12. The van der Waals surface area contributed by atoms with Crippen LogP contribution in [0.15, 0.2) is 34.8 Å². The Labute approximate surface area is 121 Å². The van der Waals surface area contributed by atoms with E-state index >= 15 is 0 Å². The maximum absolute atomic E-state index is 12.2. The predicted molar refractivity (Wildman–Crippen MR) is 77.3 cm³/mol. The van der Waals surface area contributed by atoms with Crippen molar-refractivity contribution >= 4 is 17.2 Å². The van der Waals surface area contributed by atoms with Gasteiger partial charge in [-0.15, -0.1) is 11.3 Å². The van der Waals surface area contributed by atoms with Crippen molar-refractivity contribution < 1.29 is 14.3 Å². The van der Waals surface area contributed by atoms with E-state index in [0.29, 0.717) is 28.5 Å². The Morgan fingerprint density at radius 1 is 1.40 bits per heavy atom. The number of ether oxygens (including phenoxy) is 2. The zero-order valence-electron chi connectivity index (χ0n) is 11.6. The number of carbonyl (C=O) groups excluding carboxylic acids is 1. The number of nitrogens with zero attached hydrogens (tertiary/aromatic N) is 2. The largest absolute Gasteiger partial charge is 0.493 e. The second-order valence-electron chi connectivity index (χ2n) is 4.01. The van der Waals surface area contributed by atoms with Crippen molar-refractivity contribution in [1.29, 1.82) is 0 Å². The molecule has 2 aromatic rings. The number of carbonyl (C=O) groups is 1. The van der Waals surface area contributed by atoms with Crippen molar-refractivity contribution in [2.45, 2.75) is 6.92 Å². The van der Waals surface area contributed by atoms with Gasteiger partial charge in [-0.25, -0.2) is 0 Å². The minimum Gasteiger partial charge on any atom is -0.493 e. The van der Waals surface area contributed by atoms with E-state index in [-0.39, 0.29) is 5.91 Å². The third-order valence-electron chi connectivity index (χ3n) is 2.67. The van der Waals surface area contributed by atoms with Crippen molar-refractivity contribution in [2.75, 3.05) is 13.7 Å². The van der Waals surface area contributed by atoms with Crippen LogP contribution in [-0.2, 0) is 7.05 Å². The van der Waals surface area contributed by atoms with Gasteiger partial charge >= 0.3 is 0 Å². The molecule has 0 bridgehead atoms. The molecule has 106 valence electrons. The molecule has 0 atom stereocenters. The number of benzene rings is 1. The van der Waals surface area contributed by atoms with Gasteiger partial charge in [-0.3, -0.25) is 4.79 Å². The molecule has 2 rings (SSSR count). The van der Waals surface area contributed by atoms with Crippen LogP contribution in [0, 0.1) is 0 Å². The molecule has 0 fully saturated rings. The van der Waals surface area contributed by atoms with Crippen LogP contribution in [-0.4, -0.2) is 24.2 Å². The van der Waals surface area contributed by atoms with Gasteiger partial charge < -0.3 is 14.0 Å². The van der Waals surface area contributed by atoms with Crippen molar-refractivity contribution in [1.82, 2.24) is 4.57 Å². The summed E-state index contributed by atoms with van der Waals surface area (Å²) in [4.78, 5) is 16.9. The fraction of sp³-hybridized carbons (Fsp3) is 0.286. The van der Waals surface area contributed by atoms with Gasteiger partial charge in [0.25, 0.3) is 5.91 Å². The Balaban J connectivity index is 2.36. The van der Waals surface area contributed by atoms with Crippen LogP contribution in [0.1, 0.15) is 17.3 Å².